The highest BCUT2D eigenvalue weighted by molar-refractivity contribution is 7.89. The molecule has 1 amide bonds. The number of carbonyl (C=O) groups is 1. The first kappa shape index (κ1) is 17.0. The third kappa shape index (κ3) is 5.47. The molecule has 0 heterocycles. The minimum atomic E-state index is -4.68. The van der Waals surface area contributed by atoms with Gasteiger partial charge in [-0.25, -0.2) is 18.4 Å². The molecule has 0 fully saturated rings. The van der Waals surface area contributed by atoms with Crippen LogP contribution in [-0.4, -0.2) is 34.4 Å². The molecular weight excluding hydrogens is 317 g/mol. The lowest BCUT2D eigenvalue weighted by molar-refractivity contribution is -0.159. The molecule has 0 aromatic heterocycles. The number of carbonyl (C=O) groups excluding carboxylic acids is 1. The van der Waals surface area contributed by atoms with Crippen LogP contribution < -0.4 is 15.2 Å². The third-order valence-electron chi connectivity index (χ3n) is 2.10. The number of sulfonamides is 1. The van der Waals surface area contributed by atoms with Crippen LogP contribution in [0.25, 0.3) is 0 Å². The van der Waals surface area contributed by atoms with Crippen molar-refractivity contribution in [2.45, 2.75) is 11.1 Å². The van der Waals surface area contributed by atoms with Gasteiger partial charge in [-0.2, -0.15) is 13.2 Å². The van der Waals surface area contributed by atoms with Gasteiger partial charge in [-0.05, 0) is 18.2 Å². The van der Waals surface area contributed by atoms with Crippen LogP contribution in [-0.2, 0) is 14.8 Å². The van der Waals surface area contributed by atoms with Gasteiger partial charge < -0.3 is 9.47 Å². The van der Waals surface area contributed by atoms with E-state index in [2.05, 4.69) is 4.74 Å². The summed E-state index contributed by atoms with van der Waals surface area (Å²) >= 11 is 0. The second-order valence-electron chi connectivity index (χ2n) is 3.72. The normalized spacial score (nSPS) is 11.9. The average Bonchev–Trinajstić information content (AvgIpc) is 2.34. The molecule has 1 aromatic rings. The van der Waals surface area contributed by atoms with Gasteiger partial charge >= 0.3 is 12.3 Å². The van der Waals surface area contributed by atoms with Crippen molar-refractivity contribution in [2.75, 3.05) is 19.0 Å². The number of hydrogen-bond acceptors (Lipinski definition) is 5. The SMILES string of the molecule is COc1ccc(S(N)(=O)=O)cc1NC(=O)OCC(F)(F)F. The number of rotatable bonds is 4. The predicted octanol–water partition coefficient (Wildman–Crippen LogP) is 1.45. The van der Waals surface area contributed by atoms with Crippen LogP contribution in [0.3, 0.4) is 0 Å². The summed E-state index contributed by atoms with van der Waals surface area (Å²) < 4.78 is 66.8. The van der Waals surface area contributed by atoms with Crippen molar-refractivity contribution in [3.05, 3.63) is 18.2 Å². The van der Waals surface area contributed by atoms with E-state index in [1.54, 1.807) is 0 Å². The van der Waals surface area contributed by atoms with Crippen molar-refractivity contribution >= 4 is 21.8 Å². The summed E-state index contributed by atoms with van der Waals surface area (Å²) in [6.45, 7) is -1.78. The van der Waals surface area contributed by atoms with Gasteiger partial charge in [-0.3, -0.25) is 5.32 Å². The lowest BCUT2D eigenvalue weighted by Crippen LogP contribution is -2.23. The Morgan fingerprint density at radius 3 is 2.48 bits per heavy atom. The van der Waals surface area contributed by atoms with Crippen LogP contribution in [0.2, 0.25) is 0 Å². The van der Waals surface area contributed by atoms with E-state index in [0.29, 0.717) is 0 Å². The van der Waals surface area contributed by atoms with Crippen LogP contribution in [0.15, 0.2) is 23.1 Å². The molecule has 3 N–H and O–H groups in total. The number of halogens is 3. The van der Waals surface area contributed by atoms with Gasteiger partial charge in [0.15, 0.2) is 6.61 Å². The molecule has 0 bridgehead atoms. The Kier molecular flexibility index (Phi) is 5.01. The van der Waals surface area contributed by atoms with Crippen LogP contribution in [0, 0.1) is 0 Å². The Morgan fingerprint density at radius 1 is 1.38 bits per heavy atom. The standard InChI is InChI=1S/C10H11F3N2O5S/c1-19-8-3-2-6(21(14,17)18)4-7(8)15-9(16)20-5-10(11,12)13/h2-4H,5H2,1H3,(H,15,16)(H2,14,17,18). The fraction of sp³-hybridized carbons (Fsp3) is 0.300. The molecule has 0 saturated heterocycles. The number of primary sulfonamides is 1. The molecule has 0 saturated carbocycles. The Bertz CT molecular complexity index is 630. The monoisotopic (exact) mass is 328 g/mol. The number of nitrogens with two attached hydrogens (primary N) is 1. The van der Waals surface area contributed by atoms with E-state index >= 15 is 0 Å². The van der Waals surface area contributed by atoms with Gasteiger partial charge in [0.25, 0.3) is 0 Å². The van der Waals surface area contributed by atoms with Crippen molar-refractivity contribution in [2.24, 2.45) is 5.14 Å². The maximum Gasteiger partial charge on any atom is 0.422 e. The lowest BCUT2D eigenvalue weighted by atomic mass is 10.3. The van der Waals surface area contributed by atoms with Crippen LogP contribution in [0.5, 0.6) is 5.75 Å². The fourth-order valence-electron chi connectivity index (χ4n) is 1.26. The van der Waals surface area contributed by atoms with Gasteiger partial charge in [-0.15, -0.1) is 0 Å². The molecule has 0 atom stereocenters. The van der Waals surface area contributed by atoms with Crippen molar-refractivity contribution < 1.29 is 35.9 Å². The van der Waals surface area contributed by atoms with Crippen LogP contribution in [0.4, 0.5) is 23.7 Å². The number of methoxy groups -OCH3 is 1. The first-order valence-electron chi connectivity index (χ1n) is 5.24. The number of hydrogen-bond donors (Lipinski definition) is 2. The van der Waals surface area contributed by atoms with Gasteiger partial charge in [0.1, 0.15) is 5.75 Å². The van der Waals surface area contributed by atoms with E-state index in [1.165, 1.54) is 13.2 Å². The molecule has 0 spiro atoms. The molecule has 11 heteroatoms. The molecule has 0 unspecified atom stereocenters. The number of nitrogens with one attached hydrogen (secondary N) is 1. The molecule has 1 aromatic carbocycles. The number of amides is 1. The highest BCUT2D eigenvalue weighted by atomic mass is 32.2. The maximum absolute atomic E-state index is 11.9. The molecule has 0 radical (unpaired) electrons. The largest absolute Gasteiger partial charge is 0.495 e. The Labute approximate surface area is 117 Å². The number of benzene rings is 1. The number of ether oxygens (including phenoxy) is 2. The summed E-state index contributed by atoms with van der Waals surface area (Å²) in [5.74, 6) is 0.0198. The van der Waals surface area contributed by atoms with E-state index < -0.39 is 28.9 Å². The average molecular weight is 328 g/mol. The Morgan fingerprint density at radius 2 is 2.00 bits per heavy atom. The summed E-state index contributed by atoms with van der Waals surface area (Å²) in [5, 5.41) is 6.84. The van der Waals surface area contributed by atoms with Crippen molar-refractivity contribution in [1.29, 1.82) is 0 Å². The van der Waals surface area contributed by atoms with E-state index in [9.17, 15) is 26.4 Å². The number of anilines is 1. The minimum absolute atomic E-state index is 0.0198. The molecule has 0 aliphatic rings. The van der Waals surface area contributed by atoms with Gasteiger partial charge in [0.2, 0.25) is 10.0 Å². The summed E-state index contributed by atoms with van der Waals surface area (Å²) in [6, 6.07) is 3.22. The van der Waals surface area contributed by atoms with Gasteiger partial charge in [-0.1, -0.05) is 0 Å². The maximum atomic E-state index is 11.9. The van der Waals surface area contributed by atoms with Crippen molar-refractivity contribution in [3.63, 3.8) is 0 Å². The molecule has 0 aliphatic heterocycles. The van der Waals surface area contributed by atoms with E-state index in [-0.39, 0.29) is 16.3 Å². The van der Waals surface area contributed by atoms with E-state index in [1.807, 2.05) is 5.32 Å². The summed E-state index contributed by atoms with van der Waals surface area (Å²) in [7, 11) is -2.83. The second-order valence-corrected chi connectivity index (χ2v) is 5.28. The quantitative estimate of drug-likeness (QED) is 0.870. The fourth-order valence-corrected chi connectivity index (χ4v) is 1.80. The topological polar surface area (TPSA) is 108 Å². The van der Waals surface area contributed by atoms with Crippen LogP contribution >= 0.6 is 0 Å². The first-order chi connectivity index (χ1) is 9.53. The number of alkyl halides is 3. The Hall–Kier alpha value is -2.01. The van der Waals surface area contributed by atoms with Gasteiger partial charge in [0, 0.05) is 0 Å². The zero-order valence-corrected chi connectivity index (χ0v) is 11.4. The predicted molar refractivity (Wildman–Crippen MR) is 65.4 cm³/mol. The molecule has 118 valence electrons. The third-order valence-corrected chi connectivity index (χ3v) is 3.01. The molecule has 21 heavy (non-hydrogen) atoms. The molecule has 1 rings (SSSR count). The highest BCUT2D eigenvalue weighted by Gasteiger charge is 2.29. The van der Waals surface area contributed by atoms with Crippen LogP contribution in [0.1, 0.15) is 0 Å². The smallest absolute Gasteiger partial charge is 0.422 e. The summed E-state index contributed by atoms with van der Waals surface area (Å²) in [4.78, 5) is 10.9. The lowest BCUT2D eigenvalue weighted by Gasteiger charge is -2.12. The van der Waals surface area contributed by atoms with E-state index in [4.69, 9.17) is 9.88 Å². The highest BCUT2D eigenvalue weighted by Crippen LogP contribution is 2.27. The molecular formula is C10H11F3N2O5S. The van der Waals surface area contributed by atoms with Gasteiger partial charge in [0.05, 0.1) is 17.7 Å². The zero-order chi connectivity index (χ0) is 16.3. The second kappa shape index (κ2) is 6.18. The molecule has 0 aliphatic carbocycles. The molecule has 7 nitrogen and oxygen atoms in total. The summed E-state index contributed by atoms with van der Waals surface area (Å²) in [6.07, 6.45) is -6.10. The first-order valence-corrected chi connectivity index (χ1v) is 6.79. The van der Waals surface area contributed by atoms with E-state index in [0.717, 1.165) is 12.1 Å². The van der Waals surface area contributed by atoms with Crippen molar-refractivity contribution in [3.8, 4) is 5.75 Å². The van der Waals surface area contributed by atoms with Crippen molar-refractivity contribution in [1.82, 2.24) is 0 Å². The summed E-state index contributed by atoms with van der Waals surface area (Å²) in [5.41, 5.74) is -0.198. The minimum Gasteiger partial charge on any atom is -0.495 e. The Balaban J connectivity index is 2.93. The zero-order valence-electron chi connectivity index (χ0n) is 10.6.